The van der Waals surface area contributed by atoms with Crippen LogP contribution in [0.25, 0.3) is 0 Å². The van der Waals surface area contributed by atoms with Crippen molar-refractivity contribution in [2.45, 2.75) is 13.0 Å². The molecule has 0 aliphatic rings. The zero-order valence-electron chi connectivity index (χ0n) is 10.1. The predicted octanol–water partition coefficient (Wildman–Crippen LogP) is 2.31. The Labute approximate surface area is 101 Å². The van der Waals surface area contributed by atoms with Crippen LogP contribution in [-0.4, -0.2) is 29.6 Å². The van der Waals surface area contributed by atoms with E-state index in [4.69, 9.17) is 13.3 Å². The lowest BCUT2D eigenvalue weighted by molar-refractivity contribution is 0.103. The Hall–Kier alpha value is -0.823. The molecule has 0 radical (unpaired) electrons. The van der Waals surface area contributed by atoms with Crippen molar-refractivity contribution in [2.75, 3.05) is 20.8 Å². The summed E-state index contributed by atoms with van der Waals surface area (Å²) in [6.45, 7) is 2.27. The second-order valence-electron chi connectivity index (χ2n) is 3.45. The van der Waals surface area contributed by atoms with Gasteiger partial charge in [-0.2, -0.15) is 0 Å². The predicted molar refractivity (Wildman–Crippen MR) is 61.5 cm³/mol. The molecule has 0 aliphatic carbocycles. The fourth-order valence-electron chi connectivity index (χ4n) is 1.52. The first-order chi connectivity index (χ1) is 8.06. The first-order valence-corrected chi connectivity index (χ1v) is 7.18. The van der Waals surface area contributed by atoms with Gasteiger partial charge in [0.2, 0.25) is 0 Å². The zero-order valence-corrected chi connectivity index (χ0v) is 11.1. The van der Waals surface area contributed by atoms with E-state index in [9.17, 15) is 8.78 Å². The third-order valence-corrected chi connectivity index (χ3v) is 5.20. The maximum absolute atomic E-state index is 13.1. The van der Waals surface area contributed by atoms with Gasteiger partial charge in [0.1, 0.15) is 0 Å². The molecule has 1 aromatic rings. The summed E-state index contributed by atoms with van der Waals surface area (Å²) in [7, 11) is 0.169. The molecule has 1 rings (SSSR count). The molecule has 0 heterocycles. The Kier molecular flexibility index (Phi) is 5.19. The molecule has 0 amide bonds. The normalized spacial score (nSPS) is 11.8. The number of hydrogen-bond donors (Lipinski definition) is 0. The van der Waals surface area contributed by atoms with Crippen LogP contribution in [0.1, 0.15) is 12.5 Å². The summed E-state index contributed by atoms with van der Waals surface area (Å²) < 4.78 is 41.9. The average Bonchev–Trinajstić information content (AvgIpc) is 2.33. The number of hydrogen-bond acceptors (Lipinski definition) is 3. The molecule has 0 aromatic heterocycles. The van der Waals surface area contributed by atoms with Crippen LogP contribution in [0.2, 0.25) is 0 Å². The van der Waals surface area contributed by atoms with E-state index in [0.29, 0.717) is 18.2 Å². The van der Waals surface area contributed by atoms with Gasteiger partial charge in [0, 0.05) is 26.9 Å². The van der Waals surface area contributed by atoms with Gasteiger partial charge in [-0.25, -0.2) is 8.78 Å². The van der Waals surface area contributed by atoms with E-state index in [-0.39, 0.29) is 0 Å². The quantitative estimate of drug-likeness (QED) is 0.736. The van der Waals surface area contributed by atoms with Crippen LogP contribution in [0, 0.1) is 11.6 Å². The third kappa shape index (κ3) is 3.57. The second kappa shape index (κ2) is 6.20. The van der Waals surface area contributed by atoms with Crippen LogP contribution in [0.3, 0.4) is 0 Å². The van der Waals surface area contributed by atoms with E-state index in [1.54, 1.807) is 0 Å². The number of halogens is 2. The molecular formula is C11H16F2O3Si. The first kappa shape index (κ1) is 14.2. The number of rotatable bonds is 6. The van der Waals surface area contributed by atoms with Gasteiger partial charge in [-0.3, -0.25) is 0 Å². The molecular weight excluding hydrogens is 246 g/mol. The molecule has 0 N–H and O–H groups in total. The van der Waals surface area contributed by atoms with Gasteiger partial charge < -0.3 is 13.3 Å². The van der Waals surface area contributed by atoms with Crippen molar-refractivity contribution in [2.24, 2.45) is 0 Å². The summed E-state index contributed by atoms with van der Waals surface area (Å²) in [6.07, 6.45) is 0. The lowest BCUT2D eigenvalue weighted by atomic mass is 10.2. The largest absolute Gasteiger partial charge is 0.504 e. The molecule has 0 atom stereocenters. The molecule has 0 spiro atoms. The Morgan fingerprint density at radius 2 is 1.76 bits per heavy atom. The van der Waals surface area contributed by atoms with Gasteiger partial charge in [-0.1, -0.05) is 6.07 Å². The van der Waals surface area contributed by atoms with Crippen LogP contribution in [0.4, 0.5) is 8.78 Å². The molecule has 0 saturated heterocycles. The Bertz CT molecular complexity index is 370. The molecule has 1 aromatic carbocycles. The number of benzene rings is 1. The summed E-state index contributed by atoms with van der Waals surface area (Å²) in [5, 5.41) is 0. The first-order valence-electron chi connectivity index (χ1n) is 5.25. The summed E-state index contributed by atoms with van der Waals surface area (Å²) in [6, 6.07) is 4.03. The minimum Gasteiger partial charge on any atom is -0.377 e. The van der Waals surface area contributed by atoms with Crippen LogP contribution in [0.15, 0.2) is 18.2 Å². The van der Waals surface area contributed by atoms with E-state index in [1.807, 2.05) is 6.92 Å². The molecule has 3 nitrogen and oxygen atoms in total. The molecule has 6 heteroatoms. The third-order valence-electron chi connectivity index (χ3n) is 2.39. The van der Waals surface area contributed by atoms with Crippen molar-refractivity contribution in [1.29, 1.82) is 0 Å². The lowest BCUT2D eigenvalue weighted by Gasteiger charge is -2.25. The highest BCUT2D eigenvalue weighted by atomic mass is 28.4. The molecule has 0 bridgehead atoms. The van der Waals surface area contributed by atoms with Gasteiger partial charge >= 0.3 is 8.80 Å². The monoisotopic (exact) mass is 262 g/mol. The van der Waals surface area contributed by atoms with Gasteiger partial charge in [0.25, 0.3) is 0 Å². The van der Waals surface area contributed by atoms with Crippen LogP contribution >= 0.6 is 0 Å². The summed E-state index contributed by atoms with van der Waals surface area (Å²) in [5.41, 5.74) is 0.590. The van der Waals surface area contributed by atoms with Crippen molar-refractivity contribution < 1.29 is 22.1 Å². The standard InChI is InChI=1S/C11H16F2O3Si/c1-4-16-17(14-2,15-3)8-9-5-6-10(12)11(13)7-9/h5-7H,4,8H2,1-3H3. The summed E-state index contributed by atoms with van der Waals surface area (Å²) in [5.74, 6) is -1.75. The minimum absolute atomic E-state index is 0.311. The molecule has 0 unspecified atom stereocenters. The fourth-order valence-corrected chi connectivity index (χ4v) is 3.47. The van der Waals surface area contributed by atoms with Crippen molar-refractivity contribution >= 4 is 8.80 Å². The fraction of sp³-hybridized carbons (Fsp3) is 0.455. The smallest absolute Gasteiger partial charge is 0.377 e. The highest BCUT2D eigenvalue weighted by molar-refractivity contribution is 6.60. The van der Waals surface area contributed by atoms with Gasteiger partial charge in [-0.15, -0.1) is 0 Å². The highest BCUT2D eigenvalue weighted by Crippen LogP contribution is 2.17. The van der Waals surface area contributed by atoms with Crippen molar-refractivity contribution in [3.8, 4) is 0 Å². The van der Waals surface area contributed by atoms with E-state index in [0.717, 1.165) is 12.1 Å². The zero-order chi connectivity index (χ0) is 12.9. The van der Waals surface area contributed by atoms with Crippen LogP contribution < -0.4 is 0 Å². The maximum Gasteiger partial charge on any atom is 0.504 e. The van der Waals surface area contributed by atoms with E-state index < -0.39 is 20.4 Å². The topological polar surface area (TPSA) is 27.7 Å². The molecule has 96 valence electrons. The Balaban J connectivity index is 2.89. The SMILES string of the molecule is CCO[Si](Cc1ccc(F)c(F)c1)(OC)OC. The van der Waals surface area contributed by atoms with Gasteiger partial charge in [-0.05, 0) is 24.6 Å². The molecule has 0 saturated carbocycles. The molecule has 17 heavy (non-hydrogen) atoms. The average molecular weight is 262 g/mol. The van der Waals surface area contributed by atoms with Crippen molar-refractivity contribution in [3.05, 3.63) is 35.4 Å². The lowest BCUT2D eigenvalue weighted by Crippen LogP contribution is -2.46. The van der Waals surface area contributed by atoms with Crippen molar-refractivity contribution in [3.63, 3.8) is 0 Å². The van der Waals surface area contributed by atoms with Gasteiger partial charge in [0.15, 0.2) is 11.6 Å². The molecule has 0 fully saturated rings. The van der Waals surface area contributed by atoms with Crippen LogP contribution in [-0.2, 0) is 19.3 Å². The van der Waals surface area contributed by atoms with Crippen molar-refractivity contribution in [1.82, 2.24) is 0 Å². The highest BCUT2D eigenvalue weighted by Gasteiger charge is 2.39. The van der Waals surface area contributed by atoms with Crippen LogP contribution in [0.5, 0.6) is 0 Å². The van der Waals surface area contributed by atoms with E-state index >= 15 is 0 Å². The van der Waals surface area contributed by atoms with Gasteiger partial charge in [0.05, 0.1) is 0 Å². The van der Waals surface area contributed by atoms with E-state index in [2.05, 4.69) is 0 Å². The summed E-state index contributed by atoms with van der Waals surface area (Å²) in [4.78, 5) is 0. The molecule has 0 aliphatic heterocycles. The Morgan fingerprint density at radius 3 is 2.24 bits per heavy atom. The van der Waals surface area contributed by atoms with E-state index in [1.165, 1.54) is 20.3 Å². The minimum atomic E-state index is -2.81. The maximum atomic E-state index is 13.1. The Morgan fingerprint density at radius 1 is 1.12 bits per heavy atom. The second-order valence-corrected chi connectivity index (χ2v) is 6.27. The summed E-state index contributed by atoms with van der Waals surface area (Å²) >= 11 is 0.